The van der Waals surface area contributed by atoms with Crippen molar-refractivity contribution in [3.05, 3.63) is 0 Å². The molecule has 10 heavy (non-hydrogen) atoms. The maximum Gasteiger partial charge on any atom is 0.0924 e. The van der Waals surface area contributed by atoms with E-state index in [1.165, 1.54) is 0 Å². The van der Waals surface area contributed by atoms with Gasteiger partial charge in [-0.25, -0.2) is 0 Å². The summed E-state index contributed by atoms with van der Waals surface area (Å²) < 4.78 is 0. The fourth-order valence-corrected chi connectivity index (χ4v) is 0.522. The summed E-state index contributed by atoms with van der Waals surface area (Å²) in [5, 5.41) is 11.3. The molecule has 1 N–H and O–H groups in total. The van der Waals surface area contributed by atoms with Crippen LogP contribution in [-0.4, -0.2) is 12.6 Å². The number of nitrogens with one attached hydrogen (secondary N) is 1. The zero-order valence-electron chi connectivity index (χ0n) is 6.44. The van der Waals surface area contributed by atoms with Crippen molar-refractivity contribution >= 4 is 0 Å². The lowest BCUT2D eigenvalue weighted by Gasteiger charge is -2.00. The molecule has 0 aromatic rings. The summed E-state index contributed by atoms with van der Waals surface area (Å²) in [6.45, 7) is 4.45. The Bertz CT molecular complexity index is 168. The van der Waals surface area contributed by atoms with Gasteiger partial charge in [-0.15, -0.1) is 11.8 Å². The first kappa shape index (κ1) is 9.01. The van der Waals surface area contributed by atoms with E-state index in [9.17, 15) is 0 Å². The van der Waals surface area contributed by atoms with Gasteiger partial charge in [0.2, 0.25) is 0 Å². The second-order valence-corrected chi connectivity index (χ2v) is 1.98. The molecule has 0 amide bonds. The highest BCUT2D eigenvalue weighted by Gasteiger charge is 1.93. The zero-order valence-corrected chi connectivity index (χ0v) is 6.44. The molecule has 2 nitrogen and oxygen atoms in total. The van der Waals surface area contributed by atoms with Gasteiger partial charge in [-0.2, -0.15) is 5.26 Å². The van der Waals surface area contributed by atoms with Gasteiger partial charge in [0.15, 0.2) is 0 Å². The number of nitrogens with zero attached hydrogens (tertiary/aromatic N) is 1. The minimum absolute atomic E-state index is 0.0568. The predicted molar refractivity (Wildman–Crippen MR) is 41.1 cm³/mol. The van der Waals surface area contributed by atoms with Crippen molar-refractivity contribution in [3.63, 3.8) is 0 Å². The van der Waals surface area contributed by atoms with E-state index in [0.717, 1.165) is 13.0 Å². The Balaban J connectivity index is 3.19. The van der Waals surface area contributed by atoms with Gasteiger partial charge in [-0.3, -0.25) is 0 Å². The van der Waals surface area contributed by atoms with Gasteiger partial charge in [0, 0.05) is 13.0 Å². The summed E-state index contributed by atoms with van der Waals surface area (Å²) in [7, 11) is 0. The summed E-state index contributed by atoms with van der Waals surface area (Å²) in [5.41, 5.74) is 0. The van der Waals surface area contributed by atoms with E-state index < -0.39 is 0 Å². The monoisotopic (exact) mass is 136 g/mol. The standard InChI is InChI=1S/C8H12N2/c1-3-4-5-6-10-8(2)7-9/h8,10H,5-6H2,1-2H3. The van der Waals surface area contributed by atoms with Crippen LogP contribution in [0, 0.1) is 23.2 Å². The highest BCUT2D eigenvalue weighted by Crippen LogP contribution is 1.77. The lowest BCUT2D eigenvalue weighted by Crippen LogP contribution is -2.24. The first-order valence-corrected chi connectivity index (χ1v) is 3.34. The number of hydrogen-bond acceptors (Lipinski definition) is 2. The summed E-state index contributed by atoms with van der Waals surface area (Å²) in [6, 6.07) is 2.03. The molecular weight excluding hydrogens is 124 g/mol. The third-order valence-electron chi connectivity index (χ3n) is 1.07. The van der Waals surface area contributed by atoms with Crippen LogP contribution in [0.1, 0.15) is 20.3 Å². The van der Waals surface area contributed by atoms with Crippen molar-refractivity contribution in [1.29, 1.82) is 5.26 Å². The maximum absolute atomic E-state index is 8.34. The molecule has 54 valence electrons. The van der Waals surface area contributed by atoms with E-state index in [2.05, 4.69) is 23.2 Å². The first-order chi connectivity index (χ1) is 4.81. The fourth-order valence-electron chi connectivity index (χ4n) is 0.522. The smallest absolute Gasteiger partial charge is 0.0924 e. The molecule has 0 aromatic carbocycles. The van der Waals surface area contributed by atoms with Gasteiger partial charge in [-0.05, 0) is 13.8 Å². The molecule has 0 fully saturated rings. The average Bonchev–Trinajstić information content (AvgIpc) is 1.98. The lowest BCUT2D eigenvalue weighted by molar-refractivity contribution is 0.651. The summed E-state index contributed by atoms with van der Waals surface area (Å²) in [6.07, 6.45) is 0.822. The van der Waals surface area contributed by atoms with Crippen LogP contribution < -0.4 is 5.32 Å². The molecule has 1 unspecified atom stereocenters. The van der Waals surface area contributed by atoms with E-state index in [4.69, 9.17) is 5.26 Å². The van der Waals surface area contributed by atoms with Crippen LogP contribution in [0.2, 0.25) is 0 Å². The Labute approximate surface area is 62.2 Å². The number of rotatable bonds is 3. The third-order valence-corrected chi connectivity index (χ3v) is 1.07. The number of nitriles is 1. The minimum Gasteiger partial charge on any atom is -0.301 e. The van der Waals surface area contributed by atoms with Gasteiger partial charge in [0.25, 0.3) is 0 Å². The van der Waals surface area contributed by atoms with Gasteiger partial charge in [0.05, 0.1) is 12.1 Å². The third kappa shape index (κ3) is 5.15. The minimum atomic E-state index is -0.0568. The van der Waals surface area contributed by atoms with Crippen LogP contribution in [0.3, 0.4) is 0 Å². The molecule has 0 spiro atoms. The summed E-state index contributed by atoms with van der Waals surface area (Å²) >= 11 is 0. The summed E-state index contributed by atoms with van der Waals surface area (Å²) in [5.74, 6) is 5.69. The van der Waals surface area contributed by atoms with Crippen LogP contribution in [0.5, 0.6) is 0 Å². The molecule has 1 atom stereocenters. The Kier molecular flexibility index (Phi) is 5.53. The van der Waals surface area contributed by atoms with E-state index in [1.54, 1.807) is 0 Å². The summed E-state index contributed by atoms with van der Waals surface area (Å²) in [4.78, 5) is 0. The maximum atomic E-state index is 8.34. The largest absolute Gasteiger partial charge is 0.301 e. The average molecular weight is 136 g/mol. The highest BCUT2D eigenvalue weighted by atomic mass is 14.9. The molecule has 0 bridgehead atoms. The lowest BCUT2D eigenvalue weighted by atomic mass is 10.3. The second-order valence-electron chi connectivity index (χ2n) is 1.98. The van der Waals surface area contributed by atoms with Crippen molar-refractivity contribution in [2.75, 3.05) is 6.54 Å². The van der Waals surface area contributed by atoms with Crippen LogP contribution in [0.25, 0.3) is 0 Å². The SMILES string of the molecule is CC#CCCNC(C)C#N. The van der Waals surface area contributed by atoms with E-state index >= 15 is 0 Å². The number of hydrogen-bond donors (Lipinski definition) is 1. The molecule has 0 saturated heterocycles. The highest BCUT2D eigenvalue weighted by molar-refractivity contribution is 4.96. The Hall–Kier alpha value is -0.990. The predicted octanol–water partition coefficient (Wildman–Crippen LogP) is 0.901. The Morgan fingerprint density at radius 2 is 2.30 bits per heavy atom. The van der Waals surface area contributed by atoms with Crippen LogP contribution >= 0.6 is 0 Å². The molecule has 0 heterocycles. The van der Waals surface area contributed by atoms with Gasteiger partial charge in [-0.1, -0.05) is 0 Å². The molecular formula is C8H12N2. The van der Waals surface area contributed by atoms with Crippen molar-refractivity contribution in [2.24, 2.45) is 0 Å². The fraction of sp³-hybridized carbons (Fsp3) is 0.625. The molecule has 0 radical (unpaired) electrons. The zero-order chi connectivity index (χ0) is 7.82. The molecule has 0 aromatic heterocycles. The molecule has 0 rings (SSSR count). The first-order valence-electron chi connectivity index (χ1n) is 3.34. The Morgan fingerprint density at radius 3 is 2.80 bits per heavy atom. The van der Waals surface area contributed by atoms with Gasteiger partial charge < -0.3 is 5.32 Å². The quantitative estimate of drug-likeness (QED) is 0.462. The second kappa shape index (κ2) is 6.13. The van der Waals surface area contributed by atoms with E-state index in [-0.39, 0.29) is 6.04 Å². The van der Waals surface area contributed by atoms with Crippen LogP contribution in [-0.2, 0) is 0 Å². The van der Waals surface area contributed by atoms with Crippen molar-refractivity contribution in [1.82, 2.24) is 5.32 Å². The van der Waals surface area contributed by atoms with Crippen molar-refractivity contribution in [2.45, 2.75) is 26.3 Å². The molecule has 2 heteroatoms. The van der Waals surface area contributed by atoms with E-state index in [0.29, 0.717) is 0 Å². The van der Waals surface area contributed by atoms with Crippen molar-refractivity contribution in [3.8, 4) is 17.9 Å². The topological polar surface area (TPSA) is 35.8 Å². The van der Waals surface area contributed by atoms with Gasteiger partial charge in [0.1, 0.15) is 0 Å². The van der Waals surface area contributed by atoms with E-state index in [1.807, 2.05) is 13.8 Å². The van der Waals surface area contributed by atoms with Crippen molar-refractivity contribution < 1.29 is 0 Å². The molecule has 0 aliphatic heterocycles. The molecule has 0 saturated carbocycles. The van der Waals surface area contributed by atoms with Crippen LogP contribution in [0.15, 0.2) is 0 Å². The molecule has 0 aliphatic rings. The normalized spacial score (nSPS) is 10.9. The van der Waals surface area contributed by atoms with Crippen LogP contribution in [0.4, 0.5) is 0 Å². The Morgan fingerprint density at radius 1 is 1.60 bits per heavy atom. The van der Waals surface area contributed by atoms with Gasteiger partial charge >= 0.3 is 0 Å². The molecule has 0 aliphatic carbocycles.